The molecule has 0 spiro atoms. The Morgan fingerprint density at radius 2 is 2.10 bits per heavy atom. The second-order valence-electron chi connectivity index (χ2n) is 4.10. The van der Waals surface area contributed by atoms with Crippen LogP contribution in [0.3, 0.4) is 0 Å². The summed E-state index contributed by atoms with van der Waals surface area (Å²) in [4.78, 5) is 35.5. The number of methoxy groups -OCH3 is 1. The Labute approximate surface area is 120 Å². The van der Waals surface area contributed by atoms with Crippen molar-refractivity contribution in [1.29, 1.82) is 0 Å². The summed E-state index contributed by atoms with van der Waals surface area (Å²) in [7, 11) is 1.23. The van der Waals surface area contributed by atoms with Crippen LogP contribution >= 0.6 is 11.3 Å². The maximum atomic E-state index is 11.9. The van der Waals surface area contributed by atoms with Crippen molar-refractivity contribution in [2.45, 2.75) is 32.2 Å². The largest absolute Gasteiger partial charge is 0.480 e. The summed E-state index contributed by atoms with van der Waals surface area (Å²) in [6, 6.07) is 2.40. The van der Waals surface area contributed by atoms with E-state index in [1.54, 1.807) is 6.07 Å². The van der Waals surface area contributed by atoms with E-state index < -0.39 is 23.9 Å². The molecular weight excluding hydrogens is 282 g/mol. The minimum atomic E-state index is -1.17. The van der Waals surface area contributed by atoms with Crippen LogP contribution < -0.4 is 5.32 Å². The van der Waals surface area contributed by atoms with E-state index in [1.807, 2.05) is 13.0 Å². The van der Waals surface area contributed by atoms with E-state index in [1.165, 1.54) is 18.4 Å². The lowest BCUT2D eigenvalue weighted by atomic mass is 10.1. The molecule has 0 saturated heterocycles. The van der Waals surface area contributed by atoms with Crippen molar-refractivity contribution in [2.75, 3.05) is 7.11 Å². The van der Waals surface area contributed by atoms with E-state index >= 15 is 0 Å². The molecule has 6 nitrogen and oxygen atoms in total. The summed E-state index contributed by atoms with van der Waals surface area (Å²) in [6.07, 6.45) is 0.765. The third-order valence-corrected chi connectivity index (χ3v) is 3.93. The summed E-state index contributed by atoms with van der Waals surface area (Å²) in [5.41, 5.74) is 0. The van der Waals surface area contributed by atoms with Crippen LogP contribution in [0.15, 0.2) is 12.1 Å². The average molecular weight is 299 g/mol. The summed E-state index contributed by atoms with van der Waals surface area (Å²) in [5.74, 6) is -2.11. The molecule has 1 amide bonds. The predicted octanol–water partition coefficient (Wildman–Crippen LogP) is 1.45. The molecular formula is C13H17NO5S. The molecule has 0 radical (unpaired) electrons. The van der Waals surface area contributed by atoms with Crippen LogP contribution in [-0.2, 0) is 20.7 Å². The number of carboxylic acid groups (broad SMARTS) is 1. The van der Waals surface area contributed by atoms with Gasteiger partial charge in [-0.3, -0.25) is 9.59 Å². The van der Waals surface area contributed by atoms with E-state index in [9.17, 15) is 14.4 Å². The Morgan fingerprint density at radius 3 is 2.60 bits per heavy atom. The van der Waals surface area contributed by atoms with E-state index in [4.69, 9.17) is 5.11 Å². The van der Waals surface area contributed by atoms with Gasteiger partial charge in [-0.05, 0) is 25.0 Å². The zero-order chi connectivity index (χ0) is 15.1. The zero-order valence-corrected chi connectivity index (χ0v) is 12.2. The summed E-state index contributed by atoms with van der Waals surface area (Å²) < 4.78 is 4.45. The third-order valence-electron chi connectivity index (χ3n) is 2.70. The molecule has 1 atom stereocenters. The van der Waals surface area contributed by atoms with Crippen LogP contribution in [-0.4, -0.2) is 36.1 Å². The molecule has 0 bridgehead atoms. The highest BCUT2D eigenvalue weighted by Gasteiger charge is 2.22. The van der Waals surface area contributed by atoms with E-state index in [0.29, 0.717) is 4.88 Å². The van der Waals surface area contributed by atoms with Gasteiger partial charge in [0.2, 0.25) is 0 Å². The number of ether oxygens (including phenoxy) is 1. The van der Waals surface area contributed by atoms with E-state index in [0.717, 1.165) is 11.3 Å². The van der Waals surface area contributed by atoms with Crippen molar-refractivity contribution in [3.05, 3.63) is 21.9 Å². The summed E-state index contributed by atoms with van der Waals surface area (Å²) in [6.45, 7) is 1.98. The van der Waals surface area contributed by atoms with Gasteiger partial charge >= 0.3 is 11.9 Å². The number of hydrogen-bond acceptors (Lipinski definition) is 5. The Bertz CT molecular complexity index is 497. The first-order valence-corrected chi connectivity index (χ1v) is 6.98. The van der Waals surface area contributed by atoms with Gasteiger partial charge in [-0.2, -0.15) is 0 Å². The molecule has 0 unspecified atom stereocenters. The highest BCUT2D eigenvalue weighted by atomic mass is 32.1. The van der Waals surface area contributed by atoms with Crippen molar-refractivity contribution < 1.29 is 24.2 Å². The number of esters is 1. The van der Waals surface area contributed by atoms with Gasteiger partial charge in [0.25, 0.3) is 5.91 Å². The lowest BCUT2D eigenvalue weighted by molar-refractivity contribution is -0.142. The number of amides is 1. The summed E-state index contributed by atoms with van der Waals surface area (Å²) >= 11 is 1.33. The second kappa shape index (κ2) is 7.64. The average Bonchev–Trinajstić information content (AvgIpc) is 2.91. The number of carbonyl (C=O) groups is 3. The molecule has 2 N–H and O–H groups in total. The molecule has 110 valence electrons. The molecule has 0 fully saturated rings. The fraction of sp³-hybridized carbons (Fsp3) is 0.462. The smallest absolute Gasteiger partial charge is 0.326 e. The van der Waals surface area contributed by atoms with Gasteiger partial charge in [0.1, 0.15) is 6.04 Å². The SMILES string of the molecule is CCc1ccc(C(=O)N[C@@H](CCC(=O)OC)C(=O)O)s1. The molecule has 0 aliphatic heterocycles. The standard InChI is InChI=1S/C13H17NO5S/c1-3-8-4-6-10(20-8)12(16)14-9(13(17)18)5-7-11(15)19-2/h4,6,9H,3,5,7H2,1-2H3,(H,14,16)(H,17,18)/t9-/m0/s1. The minimum Gasteiger partial charge on any atom is -0.480 e. The van der Waals surface area contributed by atoms with Crippen molar-refractivity contribution >= 4 is 29.2 Å². The van der Waals surface area contributed by atoms with E-state index in [2.05, 4.69) is 10.1 Å². The van der Waals surface area contributed by atoms with Crippen molar-refractivity contribution in [3.8, 4) is 0 Å². The van der Waals surface area contributed by atoms with Crippen LogP contribution in [0.4, 0.5) is 0 Å². The summed E-state index contributed by atoms with van der Waals surface area (Å²) in [5, 5.41) is 11.5. The van der Waals surface area contributed by atoms with Gasteiger partial charge < -0.3 is 15.2 Å². The highest BCUT2D eigenvalue weighted by Crippen LogP contribution is 2.17. The number of thiophene rings is 1. The molecule has 1 rings (SSSR count). The van der Waals surface area contributed by atoms with Crippen LogP contribution in [0.1, 0.15) is 34.3 Å². The molecule has 0 aliphatic rings. The van der Waals surface area contributed by atoms with Crippen molar-refractivity contribution in [1.82, 2.24) is 5.32 Å². The fourth-order valence-electron chi connectivity index (χ4n) is 1.54. The number of aliphatic carboxylic acids is 1. The van der Waals surface area contributed by atoms with Crippen LogP contribution in [0.25, 0.3) is 0 Å². The predicted molar refractivity (Wildman–Crippen MR) is 73.8 cm³/mol. The maximum Gasteiger partial charge on any atom is 0.326 e. The van der Waals surface area contributed by atoms with Crippen molar-refractivity contribution in [2.24, 2.45) is 0 Å². The first kappa shape index (κ1) is 16.2. The van der Waals surface area contributed by atoms with Gasteiger partial charge in [-0.1, -0.05) is 6.92 Å². The quantitative estimate of drug-likeness (QED) is 0.743. The Morgan fingerprint density at radius 1 is 1.40 bits per heavy atom. The first-order chi connectivity index (χ1) is 9.47. The Kier molecular flexibility index (Phi) is 6.17. The monoisotopic (exact) mass is 299 g/mol. The second-order valence-corrected chi connectivity index (χ2v) is 5.27. The molecule has 1 aromatic rings. The zero-order valence-electron chi connectivity index (χ0n) is 11.3. The minimum absolute atomic E-state index is 0.000241. The van der Waals surface area contributed by atoms with Gasteiger partial charge in [-0.15, -0.1) is 11.3 Å². The Hall–Kier alpha value is -1.89. The van der Waals surface area contributed by atoms with Gasteiger partial charge in [0, 0.05) is 11.3 Å². The molecule has 0 saturated carbocycles. The molecule has 0 aromatic carbocycles. The lowest BCUT2D eigenvalue weighted by Gasteiger charge is -2.13. The molecule has 0 aliphatic carbocycles. The highest BCUT2D eigenvalue weighted by molar-refractivity contribution is 7.14. The number of hydrogen-bond donors (Lipinski definition) is 2. The van der Waals surface area contributed by atoms with Gasteiger partial charge in [-0.25, -0.2) is 4.79 Å². The van der Waals surface area contributed by atoms with Crippen LogP contribution in [0, 0.1) is 0 Å². The van der Waals surface area contributed by atoms with Crippen LogP contribution in [0.2, 0.25) is 0 Å². The van der Waals surface area contributed by atoms with E-state index in [-0.39, 0.29) is 12.8 Å². The third kappa shape index (κ3) is 4.65. The normalized spacial score (nSPS) is 11.7. The van der Waals surface area contributed by atoms with Crippen molar-refractivity contribution in [3.63, 3.8) is 0 Å². The number of carbonyl (C=O) groups excluding carboxylic acids is 2. The number of carboxylic acids is 1. The first-order valence-electron chi connectivity index (χ1n) is 6.17. The lowest BCUT2D eigenvalue weighted by Crippen LogP contribution is -2.40. The molecule has 20 heavy (non-hydrogen) atoms. The molecule has 1 aromatic heterocycles. The maximum absolute atomic E-state index is 11.9. The Balaban J connectivity index is 2.63. The topological polar surface area (TPSA) is 92.7 Å². The molecule has 7 heteroatoms. The number of aryl methyl sites for hydroxylation is 1. The van der Waals surface area contributed by atoms with Crippen LogP contribution in [0.5, 0.6) is 0 Å². The number of nitrogens with one attached hydrogen (secondary N) is 1. The number of rotatable bonds is 7. The van der Waals surface area contributed by atoms with Gasteiger partial charge in [0.15, 0.2) is 0 Å². The molecule has 1 heterocycles. The van der Waals surface area contributed by atoms with Gasteiger partial charge in [0.05, 0.1) is 12.0 Å². The fourth-order valence-corrected chi connectivity index (χ4v) is 2.39.